The summed E-state index contributed by atoms with van der Waals surface area (Å²) in [5, 5.41) is 8.43. The van der Waals surface area contributed by atoms with Gasteiger partial charge in [0.25, 0.3) is 0 Å². The van der Waals surface area contributed by atoms with Gasteiger partial charge >= 0.3 is 5.97 Å². The van der Waals surface area contributed by atoms with Gasteiger partial charge < -0.3 is 10.0 Å². The molecule has 0 bridgehead atoms. The van der Waals surface area contributed by atoms with E-state index in [-0.39, 0.29) is 0 Å². The van der Waals surface area contributed by atoms with Crippen LogP contribution < -0.4 is 0 Å². The second kappa shape index (κ2) is 4.55. The van der Waals surface area contributed by atoms with E-state index in [0.29, 0.717) is 5.57 Å². The Morgan fingerprint density at radius 2 is 2.00 bits per heavy atom. The van der Waals surface area contributed by atoms with E-state index < -0.39 is 5.97 Å². The van der Waals surface area contributed by atoms with Crippen LogP contribution in [0, 0.1) is 0 Å². The molecule has 0 atom stereocenters. The van der Waals surface area contributed by atoms with Crippen LogP contribution in [0.15, 0.2) is 23.9 Å². The first kappa shape index (κ1) is 9.75. The van der Waals surface area contributed by atoms with Crippen molar-refractivity contribution in [2.75, 3.05) is 14.1 Å². The Bertz CT molecular complexity index is 192. The summed E-state index contributed by atoms with van der Waals surface area (Å²) in [6.07, 6.45) is 5.04. The molecular weight excluding hydrogens is 142 g/mol. The Morgan fingerprint density at radius 1 is 1.45 bits per heavy atom. The summed E-state index contributed by atoms with van der Waals surface area (Å²) < 4.78 is 0. The van der Waals surface area contributed by atoms with Crippen LogP contribution in [0.2, 0.25) is 0 Å². The predicted molar refractivity (Wildman–Crippen MR) is 44.2 cm³/mol. The monoisotopic (exact) mass is 155 g/mol. The molecule has 0 rings (SSSR count). The fraction of sp³-hybridized carbons (Fsp3) is 0.375. The van der Waals surface area contributed by atoms with Gasteiger partial charge in [0.2, 0.25) is 0 Å². The van der Waals surface area contributed by atoms with E-state index in [1.807, 2.05) is 19.0 Å². The van der Waals surface area contributed by atoms with E-state index in [4.69, 9.17) is 5.11 Å². The van der Waals surface area contributed by atoms with Gasteiger partial charge in [-0.05, 0) is 19.2 Å². The molecule has 0 spiro atoms. The van der Waals surface area contributed by atoms with Crippen LogP contribution in [-0.4, -0.2) is 30.1 Å². The van der Waals surface area contributed by atoms with Crippen LogP contribution >= 0.6 is 0 Å². The van der Waals surface area contributed by atoms with E-state index >= 15 is 0 Å². The summed E-state index contributed by atoms with van der Waals surface area (Å²) in [6.45, 7) is 1.56. The molecule has 0 aliphatic heterocycles. The van der Waals surface area contributed by atoms with Crippen molar-refractivity contribution in [2.45, 2.75) is 6.92 Å². The number of carboxylic acid groups (broad SMARTS) is 1. The zero-order valence-corrected chi connectivity index (χ0v) is 7.03. The largest absolute Gasteiger partial charge is 0.478 e. The average Bonchev–Trinajstić information content (AvgIpc) is 1.86. The molecule has 0 saturated heterocycles. The molecule has 0 fully saturated rings. The number of carboxylic acids is 1. The number of hydrogen-bond acceptors (Lipinski definition) is 2. The Labute approximate surface area is 66.6 Å². The summed E-state index contributed by atoms with van der Waals surface area (Å²) in [5.74, 6) is -0.881. The highest BCUT2D eigenvalue weighted by molar-refractivity contribution is 5.86. The summed E-state index contributed by atoms with van der Waals surface area (Å²) >= 11 is 0. The maximum atomic E-state index is 10.3. The van der Waals surface area contributed by atoms with Crippen LogP contribution in [-0.2, 0) is 4.79 Å². The lowest BCUT2D eigenvalue weighted by Gasteiger charge is -2.00. The lowest BCUT2D eigenvalue weighted by atomic mass is 10.3. The van der Waals surface area contributed by atoms with Gasteiger partial charge in [-0.15, -0.1) is 0 Å². The fourth-order valence-corrected chi connectivity index (χ4v) is 0.431. The molecule has 3 heteroatoms. The standard InChI is InChI=1S/C8H13NO2/c1-7(8(10)11)5-4-6-9(2)3/h4-6H,1-3H3,(H,10,11)/b6-4-,7-5+. The average molecular weight is 155 g/mol. The van der Waals surface area contributed by atoms with E-state index in [1.54, 1.807) is 25.3 Å². The van der Waals surface area contributed by atoms with Crippen LogP contribution in [0.25, 0.3) is 0 Å². The molecule has 11 heavy (non-hydrogen) atoms. The van der Waals surface area contributed by atoms with E-state index in [1.165, 1.54) is 0 Å². The number of rotatable bonds is 3. The zero-order valence-electron chi connectivity index (χ0n) is 7.03. The second-order valence-corrected chi connectivity index (χ2v) is 2.46. The van der Waals surface area contributed by atoms with Crippen molar-refractivity contribution in [1.82, 2.24) is 4.90 Å². The van der Waals surface area contributed by atoms with Gasteiger partial charge in [0, 0.05) is 19.7 Å². The first-order chi connectivity index (χ1) is 5.04. The summed E-state index contributed by atoms with van der Waals surface area (Å²) in [5.41, 5.74) is 0.336. The van der Waals surface area contributed by atoms with Crippen molar-refractivity contribution >= 4 is 5.97 Å². The lowest BCUT2D eigenvalue weighted by molar-refractivity contribution is -0.132. The quantitative estimate of drug-likeness (QED) is 0.490. The van der Waals surface area contributed by atoms with Crippen molar-refractivity contribution in [3.05, 3.63) is 23.9 Å². The topological polar surface area (TPSA) is 40.5 Å². The minimum Gasteiger partial charge on any atom is -0.478 e. The Balaban J connectivity index is 4.02. The molecule has 0 amide bonds. The molecule has 0 aromatic heterocycles. The highest BCUT2D eigenvalue weighted by Gasteiger charge is 1.95. The number of hydrogen-bond donors (Lipinski definition) is 1. The fourth-order valence-electron chi connectivity index (χ4n) is 0.431. The molecule has 0 heterocycles. The van der Waals surface area contributed by atoms with Gasteiger partial charge in [-0.1, -0.05) is 6.08 Å². The molecule has 0 aromatic rings. The molecule has 0 saturated carbocycles. The van der Waals surface area contributed by atoms with Gasteiger partial charge in [-0.25, -0.2) is 4.79 Å². The third-order valence-corrected chi connectivity index (χ3v) is 1.07. The Kier molecular flexibility index (Phi) is 4.03. The van der Waals surface area contributed by atoms with E-state index in [0.717, 1.165) is 0 Å². The van der Waals surface area contributed by atoms with Gasteiger partial charge in [0.1, 0.15) is 0 Å². The van der Waals surface area contributed by atoms with Crippen molar-refractivity contribution in [1.29, 1.82) is 0 Å². The van der Waals surface area contributed by atoms with Gasteiger partial charge in [-0.3, -0.25) is 0 Å². The highest BCUT2D eigenvalue weighted by atomic mass is 16.4. The molecule has 1 N–H and O–H groups in total. The molecule has 62 valence electrons. The van der Waals surface area contributed by atoms with Gasteiger partial charge in [-0.2, -0.15) is 0 Å². The Morgan fingerprint density at radius 3 is 2.36 bits per heavy atom. The number of allylic oxidation sites excluding steroid dienone is 2. The SMILES string of the molecule is C/C(=C\C=C/N(C)C)C(=O)O. The molecular formula is C8H13NO2. The van der Waals surface area contributed by atoms with Crippen LogP contribution in [0.4, 0.5) is 0 Å². The minimum absolute atomic E-state index is 0.336. The van der Waals surface area contributed by atoms with Crippen LogP contribution in [0.3, 0.4) is 0 Å². The first-order valence-corrected chi connectivity index (χ1v) is 3.29. The van der Waals surface area contributed by atoms with Crippen LogP contribution in [0.1, 0.15) is 6.92 Å². The minimum atomic E-state index is -0.881. The summed E-state index contributed by atoms with van der Waals surface area (Å²) in [4.78, 5) is 12.1. The maximum Gasteiger partial charge on any atom is 0.331 e. The zero-order chi connectivity index (χ0) is 8.85. The molecule has 0 aromatic carbocycles. The second-order valence-electron chi connectivity index (χ2n) is 2.46. The summed E-state index contributed by atoms with van der Waals surface area (Å²) in [6, 6.07) is 0. The van der Waals surface area contributed by atoms with Crippen molar-refractivity contribution < 1.29 is 9.90 Å². The summed E-state index contributed by atoms with van der Waals surface area (Å²) in [7, 11) is 3.75. The Hall–Kier alpha value is -1.25. The number of nitrogens with zero attached hydrogens (tertiary/aromatic N) is 1. The van der Waals surface area contributed by atoms with Crippen molar-refractivity contribution in [3.8, 4) is 0 Å². The highest BCUT2D eigenvalue weighted by Crippen LogP contribution is 1.92. The molecule has 0 unspecified atom stereocenters. The van der Waals surface area contributed by atoms with Crippen molar-refractivity contribution in [2.24, 2.45) is 0 Å². The third kappa shape index (κ3) is 5.21. The van der Waals surface area contributed by atoms with E-state index in [2.05, 4.69) is 0 Å². The van der Waals surface area contributed by atoms with Gasteiger partial charge in [0.15, 0.2) is 0 Å². The molecule has 0 aliphatic rings. The first-order valence-electron chi connectivity index (χ1n) is 3.29. The van der Waals surface area contributed by atoms with Gasteiger partial charge in [0.05, 0.1) is 0 Å². The van der Waals surface area contributed by atoms with E-state index in [9.17, 15) is 4.79 Å². The van der Waals surface area contributed by atoms with Crippen LogP contribution in [0.5, 0.6) is 0 Å². The third-order valence-electron chi connectivity index (χ3n) is 1.07. The molecule has 0 radical (unpaired) electrons. The molecule has 3 nitrogen and oxygen atoms in total. The predicted octanol–water partition coefficient (Wildman–Crippen LogP) is 1.09. The number of aliphatic carboxylic acids is 1. The smallest absolute Gasteiger partial charge is 0.331 e. The lowest BCUT2D eigenvalue weighted by Crippen LogP contribution is -2.00. The number of carbonyl (C=O) groups is 1. The maximum absolute atomic E-state index is 10.3. The normalized spacial score (nSPS) is 12.1. The molecule has 0 aliphatic carbocycles. The van der Waals surface area contributed by atoms with Crippen molar-refractivity contribution in [3.63, 3.8) is 0 Å².